The van der Waals surface area contributed by atoms with Crippen molar-refractivity contribution in [1.29, 1.82) is 0 Å². The number of hydrogen-bond acceptors (Lipinski definition) is 5. The first-order valence-corrected chi connectivity index (χ1v) is 10.3. The predicted octanol–water partition coefficient (Wildman–Crippen LogP) is 4.30. The van der Waals surface area contributed by atoms with Gasteiger partial charge in [0, 0.05) is 18.8 Å². The van der Waals surface area contributed by atoms with Crippen molar-refractivity contribution in [2.45, 2.75) is 57.3 Å². The number of esters is 1. The second kappa shape index (κ2) is 9.57. The van der Waals surface area contributed by atoms with Crippen molar-refractivity contribution in [1.82, 2.24) is 0 Å². The van der Waals surface area contributed by atoms with Crippen molar-refractivity contribution in [3.8, 4) is 5.75 Å². The Bertz CT molecular complexity index is 665. The van der Waals surface area contributed by atoms with Gasteiger partial charge in [-0.05, 0) is 43.9 Å². The highest BCUT2D eigenvalue weighted by Crippen LogP contribution is 2.41. The fourth-order valence-electron chi connectivity index (χ4n) is 4.37. The lowest BCUT2D eigenvalue weighted by Crippen LogP contribution is -2.38. The van der Waals surface area contributed by atoms with Crippen LogP contribution in [0.15, 0.2) is 36.9 Å². The van der Waals surface area contributed by atoms with Gasteiger partial charge >= 0.3 is 5.97 Å². The molecule has 0 amide bonds. The molecule has 5 nitrogen and oxygen atoms in total. The summed E-state index contributed by atoms with van der Waals surface area (Å²) in [5.74, 6) is -0.469. The minimum absolute atomic E-state index is 0.174. The lowest BCUT2D eigenvalue weighted by molar-refractivity contribution is -0.192. The molecular weight excluding hydrogens is 356 g/mol. The third-order valence-electron chi connectivity index (χ3n) is 5.84. The van der Waals surface area contributed by atoms with Crippen LogP contribution in [-0.4, -0.2) is 38.2 Å². The summed E-state index contributed by atoms with van der Waals surface area (Å²) in [4.78, 5) is 12.8. The van der Waals surface area contributed by atoms with Gasteiger partial charge in [0.25, 0.3) is 0 Å². The average Bonchev–Trinajstić information content (AvgIpc) is 3.11. The van der Waals surface area contributed by atoms with Crippen LogP contribution < -0.4 is 4.74 Å². The maximum absolute atomic E-state index is 12.8. The highest BCUT2D eigenvalue weighted by atomic mass is 16.7. The number of carbonyl (C=O) groups is 1. The normalized spacial score (nSPS) is 23.1. The van der Waals surface area contributed by atoms with Crippen LogP contribution >= 0.6 is 0 Å². The lowest BCUT2D eigenvalue weighted by Gasteiger charge is -2.33. The van der Waals surface area contributed by atoms with Gasteiger partial charge in [-0.1, -0.05) is 24.6 Å². The van der Waals surface area contributed by atoms with Gasteiger partial charge in [0.15, 0.2) is 5.79 Å². The molecule has 1 aromatic rings. The smallest absolute Gasteiger partial charge is 0.309 e. The van der Waals surface area contributed by atoms with Crippen LogP contribution in [-0.2, 0) is 25.4 Å². The zero-order chi connectivity index (χ0) is 20.0. The second-order valence-electron chi connectivity index (χ2n) is 7.67. The van der Waals surface area contributed by atoms with E-state index in [1.54, 1.807) is 7.11 Å². The van der Waals surface area contributed by atoms with Crippen molar-refractivity contribution in [3.63, 3.8) is 0 Å². The molecule has 28 heavy (non-hydrogen) atoms. The minimum Gasteiger partial charge on any atom is -0.497 e. The SMILES string of the molecule is C=C[C@@H]([C@H](Cc1cccc(OC)c1)C(=O)OCC)[C@H]1COC2(CCCCC2)O1. The van der Waals surface area contributed by atoms with Crippen LogP contribution in [0.3, 0.4) is 0 Å². The average molecular weight is 389 g/mol. The van der Waals surface area contributed by atoms with Crippen LogP contribution in [0.2, 0.25) is 0 Å². The van der Waals surface area contributed by atoms with E-state index in [2.05, 4.69) is 6.58 Å². The van der Waals surface area contributed by atoms with Gasteiger partial charge in [-0.25, -0.2) is 0 Å². The Hall–Kier alpha value is -1.85. The molecule has 5 heteroatoms. The Morgan fingerprint density at radius 1 is 1.36 bits per heavy atom. The van der Waals surface area contributed by atoms with E-state index in [0.29, 0.717) is 19.6 Å². The molecule has 1 heterocycles. The van der Waals surface area contributed by atoms with Gasteiger partial charge < -0.3 is 18.9 Å². The zero-order valence-electron chi connectivity index (χ0n) is 17.0. The molecule has 1 spiro atoms. The van der Waals surface area contributed by atoms with E-state index in [0.717, 1.165) is 37.0 Å². The molecular formula is C23H32O5. The maximum atomic E-state index is 12.8. The standard InChI is InChI=1S/C23H32O5/c1-4-19(21-16-27-23(28-21)12-7-6-8-13-23)20(22(24)26-5-2)15-17-10-9-11-18(14-17)25-3/h4,9-11,14,19-21H,1,5-8,12-13,15-16H2,2-3H3/t19-,20-,21+/m0/s1. The van der Waals surface area contributed by atoms with Crippen molar-refractivity contribution in [3.05, 3.63) is 42.5 Å². The number of methoxy groups -OCH3 is 1. The summed E-state index contributed by atoms with van der Waals surface area (Å²) in [6.45, 7) is 6.68. The van der Waals surface area contributed by atoms with Crippen LogP contribution in [0, 0.1) is 11.8 Å². The Morgan fingerprint density at radius 2 is 2.14 bits per heavy atom. The van der Waals surface area contributed by atoms with Gasteiger partial charge in [0.1, 0.15) is 5.75 Å². The first-order valence-electron chi connectivity index (χ1n) is 10.3. The molecule has 3 atom stereocenters. The minimum atomic E-state index is -0.473. The molecule has 1 saturated carbocycles. The Kier molecular flexibility index (Phi) is 7.13. The Labute approximate surface area is 168 Å². The Morgan fingerprint density at radius 3 is 2.82 bits per heavy atom. The van der Waals surface area contributed by atoms with Crippen molar-refractivity contribution < 1.29 is 23.7 Å². The largest absolute Gasteiger partial charge is 0.497 e. The third kappa shape index (κ3) is 4.76. The molecule has 154 valence electrons. The fourth-order valence-corrected chi connectivity index (χ4v) is 4.37. The summed E-state index contributed by atoms with van der Waals surface area (Å²) < 4.78 is 23.2. The van der Waals surface area contributed by atoms with Gasteiger partial charge in [0.05, 0.1) is 32.3 Å². The van der Waals surface area contributed by atoms with Crippen LogP contribution in [0.4, 0.5) is 0 Å². The van der Waals surface area contributed by atoms with Crippen LogP contribution in [0.1, 0.15) is 44.6 Å². The Balaban J connectivity index is 1.79. The molecule has 0 radical (unpaired) electrons. The van der Waals surface area contributed by atoms with Gasteiger partial charge in [-0.15, -0.1) is 6.58 Å². The molecule has 2 aliphatic rings. The first-order chi connectivity index (χ1) is 13.6. The van der Waals surface area contributed by atoms with Crippen molar-refractivity contribution >= 4 is 5.97 Å². The van der Waals surface area contributed by atoms with Gasteiger partial charge in [-0.2, -0.15) is 0 Å². The summed E-state index contributed by atoms with van der Waals surface area (Å²) in [6.07, 6.45) is 7.51. The topological polar surface area (TPSA) is 54.0 Å². The van der Waals surface area contributed by atoms with Gasteiger partial charge in [-0.3, -0.25) is 4.79 Å². The first kappa shape index (κ1) is 20.9. The molecule has 1 aliphatic carbocycles. The monoisotopic (exact) mass is 388 g/mol. The third-order valence-corrected chi connectivity index (χ3v) is 5.84. The summed E-state index contributed by atoms with van der Waals surface area (Å²) in [5, 5.41) is 0. The highest BCUT2D eigenvalue weighted by Gasteiger charge is 2.46. The summed E-state index contributed by atoms with van der Waals surface area (Å²) in [5.41, 5.74) is 1.02. The molecule has 1 saturated heterocycles. The maximum Gasteiger partial charge on any atom is 0.309 e. The number of carbonyl (C=O) groups excluding carboxylic acids is 1. The quantitative estimate of drug-likeness (QED) is 0.491. The fraction of sp³-hybridized carbons (Fsp3) is 0.609. The highest BCUT2D eigenvalue weighted by molar-refractivity contribution is 5.73. The van der Waals surface area contributed by atoms with E-state index in [9.17, 15) is 4.79 Å². The predicted molar refractivity (Wildman–Crippen MR) is 107 cm³/mol. The van der Waals surface area contributed by atoms with Gasteiger partial charge in [0.2, 0.25) is 0 Å². The molecule has 1 aliphatic heterocycles. The van der Waals surface area contributed by atoms with E-state index in [4.69, 9.17) is 18.9 Å². The van der Waals surface area contributed by atoms with Crippen molar-refractivity contribution in [2.75, 3.05) is 20.3 Å². The molecule has 0 unspecified atom stereocenters. The van der Waals surface area contributed by atoms with Crippen LogP contribution in [0.5, 0.6) is 5.75 Å². The lowest BCUT2D eigenvalue weighted by atomic mass is 9.83. The number of rotatable bonds is 8. The summed E-state index contributed by atoms with van der Waals surface area (Å²) >= 11 is 0. The van der Waals surface area contributed by atoms with E-state index < -0.39 is 5.79 Å². The summed E-state index contributed by atoms with van der Waals surface area (Å²) in [6, 6.07) is 7.80. The number of benzene rings is 1. The molecule has 1 aromatic carbocycles. The van der Waals surface area contributed by atoms with Crippen molar-refractivity contribution in [2.24, 2.45) is 11.8 Å². The molecule has 2 fully saturated rings. The van der Waals surface area contributed by atoms with E-state index in [1.165, 1.54) is 6.42 Å². The van der Waals surface area contributed by atoms with Crippen LogP contribution in [0.25, 0.3) is 0 Å². The molecule has 0 bridgehead atoms. The van der Waals surface area contributed by atoms with E-state index >= 15 is 0 Å². The van der Waals surface area contributed by atoms with E-state index in [-0.39, 0.29) is 23.9 Å². The molecule has 3 rings (SSSR count). The molecule has 0 N–H and O–H groups in total. The number of hydrogen-bond donors (Lipinski definition) is 0. The zero-order valence-corrected chi connectivity index (χ0v) is 17.0. The number of ether oxygens (including phenoxy) is 4. The second-order valence-corrected chi connectivity index (χ2v) is 7.67. The van der Waals surface area contributed by atoms with E-state index in [1.807, 2.05) is 37.3 Å². The molecule has 0 aromatic heterocycles. The summed E-state index contributed by atoms with van der Waals surface area (Å²) in [7, 11) is 1.64.